The third-order valence-electron chi connectivity index (χ3n) is 2.25. The van der Waals surface area contributed by atoms with Crippen molar-refractivity contribution in [3.8, 4) is 0 Å². The molecular weight excluding hydrogens is 204 g/mol. The number of fused-ring (bicyclic) bond motifs is 1. The highest BCUT2D eigenvalue weighted by molar-refractivity contribution is 6.39. The van der Waals surface area contributed by atoms with E-state index in [4.69, 9.17) is 11.6 Å². The van der Waals surface area contributed by atoms with Crippen LogP contribution in [0.15, 0.2) is 24.3 Å². The number of hydrogen-bond donors (Lipinski definition) is 1. The molecule has 0 aromatic heterocycles. The highest BCUT2D eigenvalue weighted by Gasteiger charge is 2.38. The minimum absolute atomic E-state index is 0.252. The van der Waals surface area contributed by atoms with E-state index in [2.05, 4.69) is 0 Å². The van der Waals surface area contributed by atoms with Crippen molar-refractivity contribution in [3.05, 3.63) is 35.4 Å². The Morgan fingerprint density at radius 2 is 1.57 bits per heavy atom. The Hall–Kier alpha value is -1.19. The summed E-state index contributed by atoms with van der Waals surface area (Å²) in [6, 6.07) is 6.36. The molecule has 72 valence electrons. The van der Waals surface area contributed by atoms with Gasteiger partial charge in [0.2, 0.25) is 0 Å². The number of hydrogen-bond acceptors (Lipinski definition) is 3. The van der Waals surface area contributed by atoms with Gasteiger partial charge in [-0.25, -0.2) is 0 Å². The Morgan fingerprint density at radius 3 is 2.14 bits per heavy atom. The monoisotopic (exact) mass is 210 g/mol. The second-order valence-corrected chi connectivity index (χ2v) is 3.59. The Kier molecular flexibility index (Phi) is 2.13. The lowest BCUT2D eigenvalue weighted by Crippen LogP contribution is -2.41. The summed E-state index contributed by atoms with van der Waals surface area (Å²) in [6.07, 6.45) is -1.42. The first-order valence-electron chi connectivity index (χ1n) is 4.12. The zero-order chi connectivity index (χ0) is 10.3. The molecule has 1 aliphatic rings. The van der Waals surface area contributed by atoms with Crippen LogP contribution in [0.1, 0.15) is 20.7 Å². The molecule has 0 fully saturated rings. The van der Waals surface area contributed by atoms with Crippen LogP contribution >= 0.6 is 11.6 Å². The lowest BCUT2D eigenvalue weighted by molar-refractivity contribution is 0.0662. The molecule has 1 aromatic carbocycles. The van der Waals surface area contributed by atoms with Crippen molar-refractivity contribution in [3.63, 3.8) is 0 Å². The van der Waals surface area contributed by atoms with Crippen LogP contribution in [0.5, 0.6) is 0 Å². The van der Waals surface area contributed by atoms with Crippen LogP contribution in [0.3, 0.4) is 0 Å². The summed E-state index contributed by atoms with van der Waals surface area (Å²) in [6.45, 7) is 0. The summed E-state index contributed by atoms with van der Waals surface area (Å²) < 4.78 is 0. The average molecular weight is 211 g/mol. The van der Waals surface area contributed by atoms with Crippen molar-refractivity contribution in [2.75, 3.05) is 0 Å². The van der Waals surface area contributed by atoms with Crippen LogP contribution in [-0.4, -0.2) is 28.2 Å². The number of rotatable bonds is 0. The van der Waals surface area contributed by atoms with E-state index in [0.29, 0.717) is 5.56 Å². The number of carbonyl (C=O) groups excluding carboxylic acids is 2. The summed E-state index contributed by atoms with van der Waals surface area (Å²) in [4.78, 5) is 23.0. The third-order valence-corrected chi connectivity index (χ3v) is 2.69. The molecule has 0 saturated carbocycles. The molecular formula is C10H7ClO3. The van der Waals surface area contributed by atoms with Crippen molar-refractivity contribution in [1.29, 1.82) is 0 Å². The van der Waals surface area contributed by atoms with Crippen LogP contribution in [-0.2, 0) is 0 Å². The highest BCUT2D eigenvalue weighted by atomic mass is 35.5. The minimum atomic E-state index is -1.42. The standard InChI is InChI=1S/C10H7ClO3/c11-7-8(12)5-3-1-2-4-6(5)9(13)10(7)14/h1-4,7,10,14H. The molecule has 1 aromatic rings. The lowest BCUT2D eigenvalue weighted by atomic mass is 9.87. The second-order valence-electron chi connectivity index (χ2n) is 3.12. The minimum Gasteiger partial charge on any atom is -0.383 e. The molecule has 0 aliphatic heterocycles. The fourth-order valence-corrected chi connectivity index (χ4v) is 1.73. The maximum atomic E-state index is 11.5. The number of aliphatic hydroxyl groups is 1. The van der Waals surface area contributed by atoms with Crippen LogP contribution < -0.4 is 0 Å². The zero-order valence-corrected chi connectivity index (χ0v) is 7.86. The van der Waals surface area contributed by atoms with E-state index >= 15 is 0 Å². The van der Waals surface area contributed by atoms with E-state index < -0.39 is 23.0 Å². The predicted molar refractivity (Wildman–Crippen MR) is 50.8 cm³/mol. The largest absolute Gasteiger partial charge is 0.383 e. The van der Waals surface area contributed by atoms with Crippen LogP contribution in [0, 0.1) is 0 Å². The van der Waals surface area contributed by atoms with E-state index in [1.807, 2.05) is 0 Å². The van der Waals surface area contributed by atoms with Crippen molar-refractivity contribution in [2.45, 2.75) is 11.5 Å². The van der Waals surface area contributed by atoms with Gasteiger partial charge in [-0.05, 0) is 0 Å². The van der Waals surface area contributed by atoms with E-state index in [1.54, 1.807) is 12.1 Å². The van der Waals surface area contributed by atoms with Crippen LogP contribution in [0.2, 0.25) is 0 Å². The van der Waals surface area contributed by atoms with Gasteiger partial charge in [0.25, 0.3) is 0 Å². The number of aliphatic hydroxyl groups excluding tert-OH is 1. The predicted octanol–water partition coefficient (Wildman–Crippen LogP) is 1.03. The Balaban J connectivity index is 2.62. The van der Waals surface area contributed by atoms with Crippen molar-refractivity contribution in [2.24, 2.45) is 0 Å². The average Bonchev–Trinajstić information content (AvgIpc) is 2.23. The summed E-state index contributed by atoms with van der Waals surface area (Å²) in [5.41, 5.74) is 0.546. The number of benzene rings is 1. The molecule has 0 amide bonds. The van der Waals surface area contributed by atoms with Gasteiger partial charge in [-0.3, -0.25) is 9.59 Å². The van der Waals surface area contributed by atoms with E-state index in [1.165, 1.54) is 12.1 Å². The van der Waals surface area contributed by atoms with Crippen molar-refractivity contribution >= 4 is 23.2 Å². The number of ketones is 2. The van der Waals surface area contributed by atoms with Gasteiger partial charge >= 0.3 is 0 Å². The second kappa shape index (κ2) is 3.19. The fourth-order valence-electron chi connectivity index (χ4n) is 1.50. The maximum absolute atomic E-state index is 11.5. The quantitative estimate of drug-likeness (QED) is 0.651. The van der Waals surface area contributed by atoms with Gasteiger partial charge in [-0.15, -0.1) is 11.6 Å². The zero-order valence-electron chi connectivity index (χ0n) is 7.11. The highest BCUT2D eigenvalue weighted by Crippen LogP contribution is 2.24. The molecule has 4 heteroatoms. The van der Waals surface area contributed by atoms with Crippen LogP contribution in [0.4, 0.5) is 0 Å². The molecule has 0 heterocycles. The molecule has 0 spiro atoms. The van der Waals surface area contributed by atoms with Gasteiger partial charge in [0.15, 0.2) is 11.6 Å². The SMILES string of the molecule is O=C1c2ccccc2C(=O)C(Cl)C1O. The first-order chi connectivity index (χ1) is 6.63. The van der Waals surface area contributed by atoms with E-state index in [9.17, 15) is 14.7 Å². The summed E-state index contributed by atoms with van der Waals surface area (Å²) >= 11 is 5.62. The smallest absolute Gasteiger partial charge is 0.194 e. The third kappa shape index (κ3) is 1.17. The molecule has 0 bridgehead atoms. The molecule has 2 rings (SSSR count). The number of Topliss-reactive ketones (excluding diaryl/α,β-unsaturated/α-hetero) is 2. The van der Waals surface area contributed by atoms with Crippen molar-refractivity contribution < 1.29 is 14.7 Å². The van der Waals surface area contributed by atoms with Gasteiger partial charge in [-0.2, -0.15) is 0 Å². The molecule has 2 atom stereocenters. The summed E-state index contributed by atoms with van der Waals surface area (Å²) in [7, 11) is 0. The normalized spacial score (nSPS) is 26.1. The Labute approximate surface area is 85.3 Å². The lowest BCUT2D eigenvalue weighted by Gasteiger charge is -2.22. The molecule has 1 N–H and O–H groups in total. The maximum Gasteiger partial charge on any atom is 0.194 e. The van der Waals surface area contributed by atoms with Gasteiger partial charge in [-0.1, -0.05) is 24.3 Å². The molecule has 0 radical (unpaired) electrons. The first-order valence-corrected chi connectivity index (χ1v) is 4.56. The summed E-state index contributed by atoms with van der Waals surface area (Å²) in [5.74, 6) is -0.880. The molecule has 2 unspecified atom stereocenters. The molecule has 1 aliphatic carbocycles. The van der Waals surface area contributed by atoms with Gasteiger partial charge in [0.05, 0.1) is 0 Å². The molecule has 3 nitrogen and oxygen atoms in total. The van der Waals surface area contributed by atoms with E-state index in [-0.39, 0.29) is 5.56 Å². The van der Waals surface area contributed by atoms with E-state index in [0.717, 1.165) is 0 Å². The molecule has 14 heavy (non-hydrogen) atoms. The molecule has 0 saturated heterocycles. The summed E-state index contributed by atoms with van der Waals surface area (Å²) in [5, 5.41) is 8.21. The number of alkyl halides is 1. The topological polar surface area (TPSA) is 54.4 Å². The Bertz CT molecular complexity index is 375. The van der Waals surface area contributed by atoms with Gasteiger partial charge in [0.1, 0.15) is 11.5 Å². The number of halogens is 1. The Morgan fingerprint density at radius 1 is 1.07 bits per heavy atom. The van der Waals surface area contributed by atoms with Gasteiger partial charge < -0.3 is 5.11 Å². The fraction of sp³-hybridized carbons (Fsp3) is 0.200. The first kappa shape index (κ1) is 9.37. The number of carbonyl (C=O) groups is 2. The van der Waals surface area contributed by atoms with Gasteiger partial charge in [0, 0.05) is 11.1 Å². The van der Waals surface area contributed by atoms with Crippen molar-refractivity contribution in [1.82, 2.24) is 0 Å². The van der Waals surface area contributed by atoms with Crippen LogP contribution in [0.25, 0.3) is 0 Å².